The van der Waals surface area contributed by atoms with E-state index in [0.29, 0.717) is 19.3 Å². The number of carbonyl (C=O) groups excluding carboxylic acids is 2. The molecule has 56 heavy (non-hydrogen) atoms. The number of cyclic esters (lactones) is 1. The Morgan fingerprint density at radius 2 is 1.46 bits per heavy atom. The number of unbranched alkanes of at least 4 members (excludes halogenated alkanes) is 8. The first kappa shape index (κ1) is 51.2. The van der Waals surface area contributed by atoms with Crippen LogP contribution in [-0.4, -0.2) is 149 Å². The van der Waals surface area contributed by atoms with Gasteiger partial charge in [0.25, 0.3) is 0 Å². The number of hydrogen-bond acceptors (Lipinski definition) is 10. The molecule has 332 valence electrons. The molecule has 2 aliphatic heterocycles. The molecule has 11 nitrogen and oxygen atoms in total. The number of esters is 1. The average molecular weight is 819 g/mol. The van der Waals surface area contributed by atoms with E-state index >= 15 is 0 Å². The van der Waals surface area contributed by atoms with Gasteiger partial charge in [-0.15, -0.1) is 0 Å². The van der Waals surface area contributed by atoms with Gasteiger partial charge in [0.15, 0.2) is 6.29 Å². The van der Waals surface area contributed by atoms with E-state index < -0.39 is 67.1 Å². The van der Waals surface area contributed by atoms with Gasteiger partial charge >= 0.3 is 110 Å². The maximum atomic E-state index is 14.1. The van der Waals surface area contributed by atoms with Crippen LogP contribution in [0.5, 0.6) is 0 Å². The van der Waals surface area contributed by atoms with Crippen molar-refractivity contribution in [3.05, 3.63) is 0 Å². The van der Waals surface area contributed by atoms with Crippen LogP contribution in [0.2, 0.25) is 0 Å². The summed E-state index contributed by atoms with van der Waals surface area (Å²) >= 11 is 0. The first-order valence-corrected chi connectivity index (χ1v) is 25.9. The fraction of sp³-hybridized carbons (Fsp3) is 0.955. The predicted octanol–water partition coefficient (Wildman–Crippen LogP) is 6.44. The number of amides is 1. The topological polar surface area (TPSA) is 149 Å². The summed E-state index contributed by atoms with van der Waals surface area (Å²) in [7, 11) is 2.86. The standard InChI is InChI=1S/C44H87N2O9P/c1-14-36-44(8,52)39(49)34(6)46(37(47)24-22-20-18-16-15-17-19-21-23-25-56(11,12)13)29-30(2)28-43(7,51)40(31(3)26-32(4)41(50)54-36)55-42-38(48)35(45(9)10)27-33(5)53-42/h30-36,38-40,42,48-49,51-52,56H,14-29H2,1-13H3/t30-,31+,32-,33-,34-,35+,36-,38-,39-,40-,42+,43-,44-/m1/s1. The van der Waals surface area contributed by atoms with Crippen molar-refractivity contribution in [2.75, 3.05) is 46.8 Å². The summed E-state index contributed by atoms with van der Waals surface area (Å²) in [6.07, 6.45) is 8.05. The van der Waals surface area contributed by atoms with Crippen LogP contribution in [0.1, 0.15) is 145 Å². The fourth-order valence-corrected chi connectivity index (χ4v) is 10.5. The molecule has 2 fully saturated rings. The van der Waals surface area contributed by atoms with E-state index in [-0.39, 0.29) is 49.3 Å². The second-order valence-electron chi connectivity index (χ2n) is 19.9. The van der Waals surface area contributed by atoms with Crippen LogP contribution in [0.4, 0.5) is 0 Å². The summed E-state index contributed by atoms with van der Waals surface area (Å²) in [5, 5.41) is 47.2. The summed E-state index contributed by atoms with van der Waals surface area (Å²) in [6.45, 7) is 21.8. The molecular formula is C44H87N2O9P. The quantitative estimate of drug-likeness (QED) is 0.0779. The summed E-state index contributed by atoms with van der Waals surface area (Å²) in [6, 6.07) is -1.01. The number of ether oxygens (including phenoxy) is 3. The van der Waals surface area contributed by atoms with E-state index in [1.807, 2.05) is 39.8 Å². The molecule has 2 rings (SSSR count). The van der Waals surface area contributed by atoms with Crippen LogP contribution >= 0.6 is 7.26 Å². The Labute approximate surface area is 342 Å². The van der Waals surface area contributed by atoms with Crippen molar-refractivity contribution in [1.82, 2.24) is 9.80 Å². The molecule has 0 aromatic heterocycles. The first-order valence-electron chi connectivity index (χ1n) is 22.2. The van der Waals surface area contributed by atoms with Crippen LogP contribution in [0.25, 0.3) is 0 Å². The van der Waals surface area contributed by atoms with E-state index in [9.17, 15) is 30.0 Å². The number of aliphatic hydroxyl groups is 4. The van der Waals surface area contributed by atoms with Gasteiger partial charge in [0.2, 0.25) is 0 Å². The van der Waals surface area contributed by atoms with E-state index in [0.717, 1.165) is 25.7 Å². The Balaban J connectivity index is 2.29. The van der Waals surface area contributed by atoms with Crippen molar-refractivity contribution in [3.63, 3.8) is 0 Å². The van der Waals surface area contributed by atoms with Crippen LogP contribution < -0.4 is 0 Å². The van der Waals surface area contributed by atoms with Gasteiger partial charge in [0, 0.05) is 12.6 Å². The van der Waals surface area contributed by atoms with Gasteiger partial charge in [-0.25, -0.2) is 0 Å². The largest absolute Gasteiger partial charge is 0.388 e. The normalized spacial score (nSPS) is 37.5. The number of carbonyl (C=O) groups is 2. The smallest absolute Gasteiger partial charge is 0.126 e. The zero-order valence-corrected chi connectivity index (χ0v) is 38.9. The number of rotatable bonds is 16. The van der Waals surface area contributed by atoms with Gasteiger partial charge in [-0.05, 0) is 79.3 Å². The maximum Gasteiger partial charge on any atom is 0.126 e. The number of aliphatic hydroxyl groups excluding tert-OH is 2. The molecule has 2 heterocycles. The number of hydrogen-bond donors (Lipinski definition) is 4. The molecule has 0 aromatic rings. The predicted molar refractivity (Wildman–Crippen MR) is 230 cm³/mol. The zero-order chi connectivity index (χ0) is 42.6. The minimum atomic E-state index is -1.84. The van der Waals surface area contributed by atoms with Gasteiger partial charge in [0.05, 0.1) is 29.8 Å². The summed E-state index contributed by atoms with van der Waals surface area (Å²) in [5.41, 5.74) is -3.29. The molecule has 0 aromatic carbocycles. The molecule has 1 amide bonds. The Morgan fingerprint density at radius 1 is 0.911 bits per heavy atom. The van der Waals surface area contributed by atoms with Gasteiger partial charge in [-0.1, -0.05) is 27.7 Å². The Morgan fingerprint density at radius 3 is 2.00 bits per heavy atom. The molecule has 2 aliphatic rings. The SMILES string of the molecule is CC[C@H]1OC(=O)[C@H](C)C[C@H](C)[C@@H](O[C@@H]2O[C@H](C)C[C@H](N(C)C)[C@H]2O)[C@](C)(O)C[C@@H](C)CN(C(=O)CCCCCCCCCCC[PH](C)(C)C)[C@H](C)[C@@H](O)[C@]1(C)O. The Bertz CT molecular complexity index is 1160. The average Bonchev–Trinajstić information content (AvgIpc) is 3.09. The molecule has 12 heteroatoms. The molecular weight excluding hydrogens is 731 g/mol. The van der Waals surface area contributed by atoms with Gasteiger partial charge in [-0.3, -0.25) is 9.59 Å². The third-order valence-electron chi connectivity index (χ3n) is 12.6. The number of nitrogens with zero attached hydrogens (tertiary/aromatic N) is 2. The molecule has 0 aliphatic carbocycles. The summed E-state index contributed by atoms with van der Waals surface area (Å²) in [5.74, 6) is -1.90. The van der Waals surface area contributed by atoms with Crippen molar-refractivity contribution in [1.29, 1.82) is 0 Å². The monoisotopic (exact) mass is 819 g/mol. The molecule has 0 spiro atoms. The van der Waals surface area contributed by atoms with E-state index in [1.165, 1.54) is 45.2 Å². The van der Waals surface area contributed by atoms with Crippen molar-refractivity contribution < 1.29 is 44.2 Å². The fourth-order valence-electron chi connectivity index (χ4n) is 9.22. The van der Waals surface area contributed by atoms with Crippen LogP contribution in [0.3, 0.4) is 0 Å². The van der Waals surface area contributed by atoms with Crippen LogP contribution in [-0.2, 0) is 23.8 Å². The Hall–Kier alpha value is -0.910. The van der Waals surface area contributed by atoms with E-state index in [1.54, 1.807) is 32.6 Å². The molecule has 0 bridgehead atoms. The first-order chi connectivity index (χ1) is 25.9. The van der Waals surface area contributed by atoms with E-state index in [2.05, 4.69) is 20.0 Å². The summed E-state index contributed by atoms with van der Waals surface area (Å²) < 4.78 is 18.7. The molecule has 0 radical (unpaired) electrons. The Kier molecular flexibility index (Phi) is 21.2. The third kappa shape index (κ3) is 15.9. The second-order valence-corrected chi connectivity index (χ2v) is 25.6. The molecule has 2 saturated heterocycles. The third-order valence-corrected chi connectivity index (χ3v) is 14.4. The second kappa shape index (κ2) is 23.2. The molecule has 0 saturated carbocycles. The van der Waals surface area contributed by atoms with Crippen molar-refractivity contribution in [2.24, 2.45) is 17.8 Å². The minimum Gasteiger partial charge on any atom is -0.388 e. The zero-order valence-electron chi connectivity index (χ0n) is 37.9. The molecule has 4 N–H and O–H groups in total. The van der Waals surface area contributed by atoms with Crippen molar-refractivity contribution in [2.45, 2.75) is 205 Å². The molecule has 0 unspecified atom stereocenters. The van der Waals surface area contributed by atoms with Crippen molar-refractivity contribution in [3.8, 4) is 0 Å². The minimum absolute atomic E-state index is 0.118. The summed E-state index contributed by atoms with van der Waals surface area (Å²) in [4.78, 5) is 31.3. The van der Waals surface area contributed by atoms with Crippen LogP contribution in [0.15, 0.2) is 0 Å². The van der Waals surface area contributed by atoms with Crippen molar-refractivity contribution >= 4 is 19.1 Å². The van der Waals surface area contributed by atoms with E-state index in [4.69, 9.17) is 14.2 Å². The number of likely N-dealkylation sites (N-methyl/N-ethyl adjacent to an activating group) is 1. The van der Waals surface area contributed by atoms with Gasteiger partial charge in [-0.2, -0.15) is 0 Å². The molecule has 13 atom stereocenters. The van der Waals surface area contributed by atoms with Gasteiger partial charge < -0.3 is 44.4 Å². The maximum absolute atomic E-state index is 14.1. The van der Waals surface area contributed by atoms with Crippen LogP contribution in [0, 0.1) is 17.8 Å². The van der Waals surface area contributed by atoms with Gasteiger partial charge in [0.1, 0.15) is 23.9 Å².